The lowest BCUT2D eigenvalue weighted by Crippen LogP contribution is -2.13. The van der Waals surface area contributed by atoms with Crippen molar-refractivity contribution in [1.82, 2.24) is 9.97 Å². The number of hydrogen-bond acceptors (Lipinski definition) is 3. The number of aromatic nitrogens is 2. The van der Waals surface area contributed by atoms with E-state index in [0.717, 1.165) is 0 Å². The lowest BCUT2D eigenvalue weighted by molar-refractivity contribution is -0.137. The molecule has 1 aromatic rings. The molecule has 0 aliphatic carbocycles. The standard InChI is InChI=1S/C9H12N2O3/c1-6-7(3-2-4-8(12)13)10-5-11-9(6)14/h5H,2-4H2,1H3,(H,12,13)(H,10,11,14). The van der Waals surface area contributed by atoms with Crippen molar-refractivity contribution in [2.75, 3.05) is 0 Å². The Morgan fingerprint density at radius 2 is 2.36 bits per heavy atom. The van der Waals surface area contributed by atoms with E-state index in [1.165, 1.54) is 6.33 Å². The molecule has 0 aromatic carbocycles. The highest BCUT2D eigenvalue weighted by Crippen LogP contribution is 2.03. The summed E-state index contributed by atoms with van der Waals surface area (Å²) in [5, 5.41) is 8.43. The van der Waals surface area contributed by atoms with Crippen LogP contribution >= 0.6 is 0 Å². The molecular weight excluding hydrogens is 184 g/mol. The molecule has 0 aliphatic rings. The number of aliphatic carboxylic acids is 1. The Balaban J connectivity index is 2.63. The number of aromatic amines is 1. The summed E-state index contributed by atoms with van der Waals surface area (Å²) in [5.41, 5.74) is 1.08. The SMILES string of the molecule is Cc1c(CCCC(=O)O)nc[nH]c1=O. The van der Waals surface area contributed by atoms with E-state index in [1.54, 1.807) is 6.92 Å². The second-order valence-electron chi connectivity index (χ2n) is 3.05. The molecule has 0 fully saturated rings. The van der Waals surface area contributed by atoms with Crippen molar-refractivity contribution in [3.63, 3.8) is 0 Å². The van der Waals surface area contributed by atoms with Crippen molar-refractivity contribution < 1.29 is 9.90 Å². The number of carboxylic acids is 1. The Hall–Kier alpha value is -1.65. The topological polar surface area (TPSA) is 83.0 Å². The highest BCUT2D eigenvalue weighted by Gasteiger charge is 2.04. The number of H-pyrrole nitrogens is 1. The van der Waals surface area contributed by atoms with Crippen LogP contribution in [0.5, 0.6) is 0 Å². The average Bonchev–Trinajstić information content (AvgIpc) is 2.12. The van der Waals surface area contributed by atoms with E-state index in [-0.39, 0.29) is 12.0 Å². The van der Waals surface area contributed by atoms with Crippen molar-refractivity contribution >= 4 is 5.97 Å². The van der Waals surface area contributed by atoms with Gasteiger partial charge in [-0.05, 0) is 19.8 Å². The Bertz CT molecular complexity index is 384. The van der Waals surface area contributed by atoms with Gasteiger partial charge < -0.3 is 10.1 Å². The third-order valence-electron chi connectivity index (χ3n) is 1.99. The van der Waals surface area contributed by atoms with E-state index in [0.29, 0.717) is 24.1 Å². The van der Waals surface area contributed by atoms with Crippen LogP contribution in [0.4, 0.5) is 0 Å². The summed E-state index contributed by atoms with van der Waals surface area (Å²) in [6, 6.07) is 0. The first kappa shape index (κ1) is 10.4. The Morgan fingerprint density at radius 1 is 1.64 bits per heavy atom. The summed E-state index contributed by atoms with van der Waals surface area (Å²) in [6.45, 7) is 1.68. The van der Waals surface area contributed by atoms with E-state index < -0.39 is 5.97 Å². The van der Waals surface area contributed by atoms with E-state index in [1.807, 2.05) is 0 Å². The predicted octanol–water partition coefficient (Wildman–Crippen LogP) is 0.486. The lowest BCUT2D eigenvalue weighted by atomic mass is 10.1. The molecule has 5 heteroatoms. The van der Waals surface area contributed by atoms with Crippen LogP contribution in [0.3, 0.4) is 0 Å². The molecule has 1 rings (SSSR count). The molecule has 1 heterocycles. The van der Waals surface area contributed by atoms with E-state index in [4.69, 9.17) is 5.11 Å². The molecule has 5 nitrogen and oxygen atoms in total. The summed E-state index contributed by atoms with van der Waals surface area (Å²) in [7, 11) is 0. The fraction of sp³-hybridized carbons (Fsp3) is 0.444. The first-order valence-electron chi connectivity index (χ1n) is 4.36. The second kappa shape index (κ2) is 4.55. The number of hydrogen-bond donors (Lipinski definition) is 2. The highest BCUT2D eigenvalue weighted by atomic mass is 16.4. The van der Waals surface area contributed by atoms with Crippen molar-refractivity contribution in [3.8, 4) is 0 Å². The summed E-state index contributed by atoms with van der Waals surface area (Å²) in [5.74, 6) is -0.826. The number of aryl methyl sites for hydroxylation is 1. The molecule has 0 saturated carbocycles. The van der Waals surface area contributed by atoms with Crippen molar-refractivity contribution in [2.24, 2.45) is 0 Å². The molecule has 14 heavy (non-hydrogen) atoms. The van der Waals surface area contributed by atoms with Gasteiger partial charge in [0.25, 0.3) is 5.56 Å². The van der Waals surface area contributed by atoms with Crippen LogP contribution < -0.4 is 5.56 Å². The van der Waals surface area contributed by atoms with Gasteiger partial charge in [-0.1, -0.05) is 0 Å². The zero-order valence-corrected chi connectivity index (χ0v) is 7.91. The summed E-state index contributed by atoms with van der Waals surface area (Å²) in [4.78, 5) is 27.8. The van der Waals surface area contributed by atoms with Crippen LogP contribution in [0, 0.1) is 6.92 Å². The molecule has 0 amide bonds. The monoisotopic (exact) mass is 196 g/mol. The van der Waals surface area contributed by atoms with Crippen molar-refractivity contribution in [1.29, 1.82) is 0 Å². The Kier molecular flexibility index (Phi) is 3.39. The minimum Gasteiger partial charge on any atom is -0.481 e. The first-order valence-corrected chi connectivity index (χ1v) is 4.36. The zero-order chi connectivity index (χ0) is 10.6. The molecule has 0 saturated heterocycles. The molecule has 0 spiro atoms. The molecule has 0 bridgehead atoms. The summed E-state index contributed by atoms with van der Waals surface area (Å²) < 4.78 is 0. The normalized spacial score (nSPS) is 10.1. The first-order chi connectivity index (χ1) is 6.61. The maximum absolute atomic E-state index is 11.1. The van der Waals surface area contributed by atoms with E-state index in [9.17, 15) is 9.59 Å². The summed E-state index contributed by atoms with van der Waals surface area (Å²) in [6.07, 6.45) is 2.48. The minimum absolute atomic E-state index is 0.105. The van der Waals surface area contributed by atoms with Crippen LogP contribution in [-0.4, -0.2) is 21.0 Å². The van der Waals surface area contributed by atoms with Gasteiger partial charge in [-0.2, -0.15) is 0 Å². The Morgan fingerprint density at radius 3 is 3.00 bits per heavy atom. The molecule has 0 unspecified atom stereocenters. The quantitative estimate of drug-likeness (QED) is 0.733. The molecule has 1 aromatic heterocycles. The van der Waals surface area contributed by atoms with Crippen LogP contribution in [0.2, 0.25) is 0 Å². The highest BCUT2D eigenvalue weighted by molar-refractivity contribution is 5.66. The molecule has 0 aliphatic heterocycles. The fourth-order valence-electron chi connectivity index (χ4n) is 1.16. The van der Waals surface area contributed by atoms with Gasteiger partial charge in [0.1, 0.15) is 0 Å². The molecule has 2 N–H and O–H groups in total. The third-order valence-corrected chi connectivity index (χ3v) is 1.99. The molecular formula is C9H12N2O3. The Labute approximate surface area is 80.8 Å². The van der Waals surface area contributed by atoms with Crippen molar-refractivity contribution in [2.45, 2.75) is 26.2 Å². The van der Waals surface area contributed by atoms with Gasteiger partial charge in [-0.15, -0.1) is 0 Å². The smallest absolute Gasteiger partial charge is 0.303 e. The number of rotatable bonds is 4. The molecule has 0 atom stereocenters. The van der Waals surface area contributed by atoms with Crippen LogP contribution in [0.15, 0.2) is 11.1 Å². The molecule has 76 valence electrons. The number of carboxylic acid groups (broad SMARTS) is 1. The van der Waals surface area contributed by atoms with Crippen LogP contribution in [0.1, 0.15) is 24.1 Å². The van der Waals surface area contributed by atoms with Gasteiger partial charge >= 0.3 is 5.97 Å². The number of nitrogens with zero attached hydrogens (tertiary/aromatic N) is 1. The predicted molar refractivity (Wildman–Crippen MR) is 50.2 cm³/mol. The summed E-state index contributed by atoms with van der Waals surface area (Å²) >= 11 is 0. The van der Waals surface area contributed by atoms with Crippen molar-refractivity contribution in [3.05, 3.63) is 27.9 Å². The fourth-order valence-corrected chi connectivity index (χ4v) is 1.16. The largest absolute Gasteiger partial charge is 0.481 e. The average molecular weight is 196 g/mol. The number of nitrogens with one attached hydrogen (secondary N) is 1. The van der Waals surface area contributed by atoms with Crippen LogP contribution in [-0.2, 0) is 11.2 Å². The van der Waals surface area contributed by atoms with E-state index in [2.05, 4.69) is 9.97 Å². The van der Waals surface area contributed by atoms with Gasteiger partial charge in [-0.3, -0.25) is 9.59 Å². The molecule has 0 radical (unpaired) electrons. The maximum Gasteiger partial charge on any atom is 0.303 e. The van der Waals surface area contributed by atoms with Gasteiger partial charge in [-0.25, -0.2) is 4.98 Å². The van der Waals surface area contributed by atoms with Crippen LogP contribution in [0.25, 0.3) is 0 Å². The maximum atomic E-state index is 11.1. The second-order valence-corrected chi connectivity index (χ2v) is 3.05. The third kappa shape index (κ3) is 2.69. The lowest BCUT2D eigenvalue weighted by Gasteiger charge is -2.01. The number of carbonyl (C=O) groups is 1. The van der Waals surface area contributed by atoms with E-state index >= 15 is 0 Å². The minimum atomic E-state index is -0.826. The van der Waals surface area contributed by atoms with Gasteiger partial charge in [0, 0.05) is 12.0 Å². The van der Waals surface area contributed by atoms with Gasteiger partial charge in [0.15, 0.2) is 0 Å². The zero-order valence-electron chi connectivity index (χ0n) is 7.91. The van der Waals surface area contributed by atoms with Gasteiger partial charge in [0.05, 0.1) is 12.0 Å². The van der Waals surface area contributed by atoms with Gasteiger partial charge in [0.2, 0.25) is 0 Å².